The molecular formula is C64H100ClN9O9. The minimum absolute atomic E-state index is 0.0617. The Morgan fingerprint density at radius 2 is 1.49 bits per heavy atom. The van der Waals surface area contributed by atoms with Gasteiger partial charge in [0.25, 0.3) is 0 Å². The Balaban J connectivity index is 0.00000117. The first-order valence-corrected chi connectivity index (χ1v) is 29.4. The van der Waals surface area contributed by atoms with Gasteiger partial charge in [-0.25, -0.2) is 9.41 Å². The van der Waals surface area contributed by atoms with E-state index in [-0.39, 0.29) is 24.7 Å². The molecule has 2 amide bonds. The molecule has 3 aromatic carbocycles. The molecule has 0 aliphatic carbocycles. The highest BCUT2D eigenvalue weighted by atomic mass is 35.5. The van der Waals surface area contributed by atoms with E-state index in [1.54, 1.807) is 64.9 Å². The number of ether oxygens (including phenoxy) is 4. The summed E-state index contributed by atoms with van der Waals surface area (Å²) in [4.78, 5) is 61.8. The molecule has 2 atom stereocenters. The van der Waals surface area contributed by atoms with Crippen molar-refractivity contribution in [2.45, 2.75) is 137 Å². The molecule has 4 rings (SSSR count). The summed E-state index contributed by atoms with van der Waals surface area (Å²) >= 11 is 6.14. The van der Waals surface area contributed by atoms with Crippen LogP contribution in [-0.2, 0) is 35.1 Å². The minimum Gasteiger partial charge on any atom is -0.494 e. The number of nitrogens with one attached hydrogen (secondary N) is 5. The molecule has 0 bridgehead atoms. The number of hydrogen-bond donors (Lipinski definition) is 6. The Morgan fingerprint density at radius 3 is 2.05 bits per heavy atom. The van der Waals surface area contributed by atoms with E-state index in [4.69, 9.17) is 41.9 Å². The number of aliphatic imine (C=N–C) groups is 1. The number of allylic oxidation sites excluding steroid dienone is 3. The third kappa shape index (κ3) is 32.3. The SMILES string of the molecule is C=C/C=C(\C=C/C)C(=N)N=C(N)C1(Nc2cccc(C=O)c2)CCN(Cl)CC1.CC.CCC.CCCOCCOCCOCCCCCCOc1ccc([C@@H](C)NC)cc1.CNC(=O)C(CCC=O)N(C)Cc1c(C=O)cccc1NC=O. The molecule has 0 spiro atoms. The van der Waals surface area contributed by atoms with Crippen molar-refractivity contribution in [1.82, 2.24) is 20.0 Å². The van der Waals surface area contributed by atoms with Crippen molar-refractivity contribution in [2.24, 2.45) is 10.7 Å². The molecule has 1 unspecified atom stereocenters. The molecule has 1 saturated heterocycles. The van der Waals surface area contributed by atoms with Gasteiger partial charge >= 0.3 is 0 Å². The first-order valence-electron chi connectivity index (χ1n) is 29.1. The molecule has 83 heavy (non-hydrogen) atoms. The minimum atomic E-state index is -0.658. The Morgan fingerprint density at radius 1 is 0.880 bits per heavy atom. The van der Waals surface area contributed by atoms with Crippen LogP contribution in [0, 0.1) is 5.41 Å². The zero-order chi connectivity index (χ0) is 62.1. The maximum absolute atomic E-state index is 12.0. The predicted molar refractivity (Wildman–Crippen MR) is 341 cm³/mol. The summed E-state index contributed by atoms with van der Waals surface area (Å²) in [6.45, 7) is 24.6. The van der Waals surface area contributed by atoms with Crippen molar-refractivity contribution in [3.8, 4) is 5.75 Å². The smallest absolute Gasteiger partial charge is 0.237 e. The van der Waals surface area contributed by atoms with E-state index in [1.807, 2.05) is 46.0 Å². The second kappa shape index (κ2) is 49.1. The second-order valence-electron chi connectivity index (χ2n) is 19.0. The number of rotatable bonds is 35. The highest BCUT2D eigenvalue weighted by Gasteiger charge is 2.38. The monoisotopic (exact) mass is 1170 g/mol. The van der Waals surface area contributed by atoms with Crippen LogP contribution in [0.2, 0.25) is 0 Å². The Bertz CT molecular complexity index is 2360. The van der Waals surface area contributed by atoms with Gasteiger partial charge in [-0.15, -0.1) is 0 Å². The molecule has 0 radical (unpaired) electrons. The number of unbranched alkanes of at least 4 members (excludes halogenated alkanes) is 3. The molecule has 462 valence electrons. The van der Waals surface area contributed by atoms with Crippen molar-refractivity contribution in [3.05, 3.63) is 125 Å². The number of amidine groups is 2. The normalized spacial score (nSPS) is 13.6. The van der Waals surface area contributed by atoms with Crippen LogP contribution in [-0.4, -0.2) is 144 Å². The molecule has 7 N–H and O–H groups in total. The summed E-state index contributed by atoms with van der Waals surface area (Å²) < 4.78 is 23.9. The lowest BCUT2D eigenvalue weighted by atomic mass is 9.86. The van der Waals surface area contributed by atoms with Gasteiger partial charge in [0.15, 0.2) is 5.84 Å². The van der Waals surface area contributed by atoms with Gasteiger partial charge in [0.05, 0.1) is 44.6 Å². The topological polar surface area (TPSA) is 239 Å². The fourth-order valence-electron chi connectivity index (χ4n) is 8.03. The lowest BCUT2D eigenvalue weighted by Gasteiger charge is -2.40. The third-order valence-electron chi connectivity index (χ3n) is 12.6. The zero-order valence-corrected chi connectivity index (χ0v) is 52.2. The number of nitrogens with zero attached hydrogens (tertiary/aromatic N) is 3. The van der Waals surface area contributed by atoms with Gasteiger partial charge in [0, 0.05) is 86.0 Å². The highest BCUT2D eigenvalue weighted by Crippen LogP contribution is 2.29. The summed E-state index contributed by atoms with van der Waals surface area (Å²) in [5.74, 6) is 1.12. The standard InChI is InChI=1S/C22H39NO4.C21H26ClN5O.C16H21N3O4.C3H8.C2H6/c1-4-13-24-16-18-26-19-17-25-14-7-5-6-8-15-27-22-11-9-21(10-12-22)20(2)23-3;1-3-6-17(7-4-2)19(23)25-20(24)21(10-12-27(22)13-11-21)26-18-9-5-8-16(14-18)15-28;1-17-16(23)15(7-4-8-20)19(2)9-13-12(10-21)5-3-6-14(13)18-11-22;1-3-2;1-2/h9-12,20,23H,4-8,13-19H2,1-3H3;3-9,14-15,26H,1,10-13H2,2H3,(H3,23,24,25);3,5-6,8,10-11,15H,4,7,9H2,1-2H3,(H,17,23)(H,18,22);3H2,1-2H3;1-2H3/b;7-4-,17-6+;;;/t20-;;;;/m1..../s1. The molecule has 1 aliphatic rings. The molecular weight excluding hydrogens is 1070 g/mol. The third-order valence-corrected chi connectivity index (χ3v) is 12.9. The van der Waals surface area contributed by atoms with Crippen LogP contribution >= 0.6 is 11.8 Å². The van der Waals surface area contributed by atoms with E-state index in [9.17, 15) is 24.0 Å². The van der Waals surface area contributed by atoms with Crippen molar-refractivity contribution in [2.75, 3.05) is 91.1 Å². The summed E-state index contributed by atoms with van der Waals surface area (Å²) in [6.07, 6.45) is 18.5. The first kappa shape index (κ1) is 76.6. The van der Waals surface area contributed by atoms with Crippen LogP contribution in [0.25, 0.3) is 0 Å². The number of nitrogens with two attached hydrogens (primary N) is 1. The number of benzene rings is 3. The largest absolute Gasteiger partial charge is 0.494 e. The highest BCUT2D eigenvalue weighted by molar-refractivity contribution is 6.13. The molecule has 1 heterocycles. The fraction of sp³-hybridized carbons (Fsp3) is 0.516. The Hall–Kier alpha value is -6.38. The summed E-state index contributed by atoms with van der Waals surface area (Å²) in [5, 5.41) is 20.1. The van der Waals surface area contributed by atoms with Gasteiger partial charge in [0.1, 0.15) is 30.4 Å². The summed E-state index contributed by atoms with van der Waals surface area (Å²) in [5.41, 5.74) is 10.6. The van der Waals surface area contributed by atoms with Crippen LogP contribution in [0.15, 0.2) is 108 Å². The Labute approximate surface area is 502 Å². The van der Waals surface area contributed by atoms with Crippen LogP contribution in [0.1, 0.15) is 151 Å². The number of piperidine rings is 1. The van der Waals surface area contributed by atoms with Crippen molar-refractivity contribution >= 4 is 66.0 Å². The number of anilines is 2. The average molecular weight is 1180 g/mol. The van der Waals surface area contributed by atoms with E-state index in [1.165, 1.54) is 31.9 Å². The first-order chi connectivity index (χ1) is 40.2. The molecule has 18 nitrogen and oxygen atoms in total. The predicted octanol–water partition coefficient (Wildman–Crippen LogP) is 11.3. The zero-order valence-electron chi connectivity index (χ0n) is 51.4. The van der Waals surface area contributed by atoms with E-state index < -0.39 is 11.6 Å². The fourth-order valence-corrected chi connectivity index (χ4v) is 8.20. The maximum atomic E-state index is 12.0. The number of carbonyl (C=O) groups is 5. The van der Waals surface area contributed by atoms with Crippen molar-refractivity contribution < 1.29 is 42.9 Å². The second-order valence-corrected chi connectivity index (χ2v) is 19.5. The number of amides is 2. The summed E-state index contributed by atoms with van der Waals surface area (Å²) in [7, 11) is 5.23. The molecule has 0 saturated carbocycles. The Kier molecular flexibility index (Phi) is 45.3. The van der Waals surface area contributed by atoms with Crippen LogP contribution in [0.4, 0.5) is 11.4 Å². The average Bonchev–Trinajstić information content (AvgIpc) is 3.58. The molecule has 0 aromatic heterocycles. The van der Waals surface area contributed by atoms with Crippen LogP contribution in [0.3, 0.4) is 0 Å². The lowest BCUT2D eigenvalue weighted by Crippen LogP contribution is -2.56. The van der Waals surface area contributed by atoms with Crippen LogP contribution < -0.4 is 31.7 Å². The number of halogens is 1. The van der Waals surface area contributed by atoms with Crippen molar-refractivity contribution in [1.29, 1.82) is 5.41 Å². The molecule has 19 heteroatoms. The number of hydrogen-bond acceptors (Lipinski definition) is 14. The van der Waals surface area contributed by atoms with Gasteiger partial charge in [-0.3, -0.25) is 29.5 Å². The quantitative estimate of drug-likeness (QED) is 0.00802. The molecule has 1 aliphatic heterocycles. The van der Waals surface area contributed by atoms with Gasteiger partial charge in [-0.05, 0) is 121 Å². The van der Waals surface area contributed by atoms with E-state index in [2.05, 4.69) is 84.8 Å². The van der Waals surface area contributed by atoms with E-state index >= 15 is 0 Å². The lowest BCUT2D eigenvalue weighted by molar-refractivity contribution is -0.126. The van der Waals surface area contributed by atoms with Crippen LogP contribution in [0.5, 0.6) is 5.75 Å². The number of likely N-dealkylation sites (N-methyl/N-ethyl adjacent to an activating group) is 2. The van der Waals surface area contributed by atoms with Crippen molar-refractivity contribution in [3.63, 3.8) is 0 Å². The molecule has 1 fully saturated rings. The maximum Gasteiger partial charge on any atom is 0.237 e. The molecule has 3 aromatic rings. The van der Waals surface area contributed by atoms with Gasteiger partial charge < -0.3 is 50.7 Å². The van der Waals surface area contributed by atoms with Gasteiger partial charge in [0.2, 0.25) is 12.3 Å². The summed E-state index contributed by atoms with van der Waals surface area (Å²) in [6, 6.07) is 20.4. The van der Waals surface area contributed by atoms with E-state index in [0.717, 1.165) is 63.1 Å². The van der Waals surface area contributed by atoms with E-state index in [0.29, 0.717) is 111 Å². The van der Waals surface area contributed by atoms with Gasteiger partial charge in [-0.1, -0.05) is 115 Å². The number of carbonyl (C=O) groups excluding carboxylic acids is 5. The van der Waals surface area contributed by atoms with Gasteiger partial charge in [-0.2, -0.15) is 0 Å². The number of aldehydes is 3.